The molecule has 1 N–H and O–H groups in total. The summed E-state index contributed by atoms with van der Waals surface area (Å²) in [5.74, 6) is -0.0330. The van der Waals surface area contributed by atoms with E-state index >= 15 is 0 Å². The summed E-state index contributed by atoms with van der Waals surface area (Å²) in [4.78, 5) is 31.6. The summed E-state index contributed by atoms with van der Waals surface area (Å²) in [7, 11) is 0. The van der Waals surface area contributed by atoms with Gasteiger partial charge in [0.05, 0.1) is 6.54 Å². The fourth-order valence-corrected chi connectivity index (χ4v) is 3.58. The standard InChI is InChI=1S/C17H19N3O2/c1-2-3-8-19-16(21)15-9-12-11-6-4-5-7-13(11)18-14(12)10-20(15)17(19)22/h4-7,15,18H,2-3,8-10H2,1H3. The summed E-state index contributed by atoms with van der Waals surface area (Å²) in [6, 6.07) is 7.67. The lowest BCUT2D eigenvalue weighted by molar-refractivity contribution is -0.128. The summed E-state index contributed by atoms with van der Waals surface area (Å²) in [6.45, 7) is 3.10. The number of hydrogen-bond acceptors (Lipinski definition) is 2. The van der Waals surface area contributed by atoms with E-state index in [4.69, 9.17) is 0 Å². The van der Waals surface area contributed by atoms with Crippen LogP contribution < -0.4 is 0 Å². The van der Waals surface area contributed by atoms with Crippen molar-refractivity contribution < 1.29 is 9.59 Å². The summed E-state index contributed by atoms with van der Waals surface area (Å²) < 4.78 is 0. The first-order chi connectivity index (χ1) is 10.7. The van der Waals surface area contributed by atoms with Gasteiger partial charge in [-0.2, -0.15) is 0 Å². The van der Waals surface area contributed by atoms with Crippen molar-refractivity contribution in [2.24, 2.45) is 0 Å². The van der Waals surface area contributed by atoms with Gasteiger partial charge in [0.25, 0.3) is 5.91 Å². The fraction of sp³-hybridized carbons (Fsp3) is 0.412. The van der Waals surface area contributed by atoms with Gasteiger partial charge in [0.15, 0.2) is 0 Å². The van der Waals surface area contributed by atoms with Gasteiger partial charge >= 0.3 is 6.03 Å². The van der Waals surface area contributed by atoms with Gasteiger partial charge in [0, 0.05) is 29.6 Å². The molecule has 2 aromatic rings. The maximum atomic E-state index is 12.6. The van der Waals surface area contributed by atoms with Gasteiger partial charge in [-0.25, -0.2) is 4.79 Å². The molecule has 1 fully saturated rings. The number of aromatic nitrogens is 1. The predicted molar refractivity (Wildman–Crippen MR) is 83.4 cm³/mol. The Kier molecular flexibility index (Phi) is 2.96. The number of carbonyl (C=O) groups excluding carboxylic acids is 2. The summed E-state index contributed by atoms with van der Waals surface area (Å²) >= 11 is 0. The Balaban J connectivity index is 1.69. The molecule has 114 valence electrons. The van der Waals surface area contributed by atoms with E-state index in [-0.39, 0.29) is 18.0 Å². The second-order valence-corrected chi connectivity index (χ2v) is 6.10. The molecule has 0 radical (unpaired) electrons. The van der Waals surface area contributed by atoms with Gasteiger partial charge in [-0.3, -0.25) is 9.69 Å². The number of nitrogens with zero attached hydrogens (tertiary/aromatic N) is 2. The van der Waals surface area contributed by atoms with Crippen LogP contribution in [0.2, 0.25) is 0 Å². The molecule has 22 heavy (non-hydrogen) atoms. The Morgan fingerprint density at radius 1 is 1.27 bits per heavy atom. The highest BCUT2D eigenvalue weighted by molar-refractivity contribution is 6.05. The average Bonchev–Trinajstić information content (AvgIpc) is 3.01. The number of benzene rings is 1. The molecule has 1 atom stereocenters. The lowest BCUT2D eigenvalue weighted by atomic mass is 9.97. The van der Waals surface area contributed by atoms with Gasteiger partial charge in [-0.05, 0) is 18.1 Å². The number of urea groups is 1. The first kappa shape index (κ1) is 13.4. The molecule has 0 aliphatic carbocycles. The number of hydrogen-bond donors (Lipinski definition) is 1. The van der Waals surface area contributed by atoms with Crippen LogP contribution in [-0.4, -0.2) is 39.3 Å². The van der Waals surface area contributed by atoms with Crippen molar-refractivity contribution >= 4 is 22.8 Å². The van der Waals surface area contributed by atoms with Gasteiger partial charge < -0.3 is 9.88 Å². The van der Waals surface area contributed by atoms with Crippen LogP contribution in [-0.2, 0) is 17.8 Å². The van der Waals surface area contributed by atoms with E-state index in [0.29, 0.717) is 19.5 Å². The number of unbranched alkanes of at least 4 members (excludes halogenated alkanes) is 1. The number of amides is 3. The molecule has 0 spiro atoms. The largest absolute Gasteiger partial charge is 0.357 e. The molecule has 1 aromatic carbocycles. The van der Waals surface area contributed by atoms with E-state index in [1.165, 1.54) is 15.8 Å². The lowest BCUT2D eigenvalue weighted by Crippen LogP contribution is -2.39. The van der Waals surface area contributed by atoms with Gasteiger partial charge in [0.1, 0.15) is 6.04 Å². The number of imide groups is 1. The van der Waals surface area contributed by atoms with Crippen LogP contribution >= 0.6 is 0 Å². The second-order valence-electron chi connectivity index (χ2n) is 6.10. The highest BCUT2D eigenvalue weighted by atomic mass is 16.2. The monoisotopic (exact) mass is 297 g/mol. The average molecular weight is 297 g/mol. The SMILES string of the molecule is CCCCN1C(=O)C2Cc3c([nH]c4ccccc34)CN2C1=O. The number of H-pyrrole nitrogens is 1. The first-order valence-electron chi connectivity index (χ1n) is 7.91. The van der Waals surface area contributed by atoms with Gasteiger partial charge in [-0.1, -0.05) is 31.5 Å². The summed E-state index contributed by atoms with van der Waals surface area (Å²) in [5.41, 5.74) is 3.34. The quantitative estimate of drug-likeness (QED) is 0.886. The van der Waals surface area contributed by atoms with Crippen LogP contribution in [0.15, 0.2) is 24.3 Å². The Morgan fingerprint density at radius 3 is 2.91 bits per heavy atom. The van der Waals surface area contributed by atoms with E-state index in [0.717, 1.165) is 24.1 Å². The van der Waals surface area contributed by atoms with Crippen molar-refractivity contribution in [1.29, 1.82) is 0 Å². The molecule has 1 unspecified atom stereocenters. The van der Waals surface area contributed by atoms with Crippen LogP contribution in [0.25, 0.3) is 10.9 Å². The molecule has 1 aromatic heterocycles. The Labute approximate surface area is 128 Å². The molecule has 0 bridgehead atoms. The van der Waals surface area contributed by atoms with E-state index < -0.39 is 0 Å². The van der Waals surface area contributed by atoms with E-state index in [9.17, 15) is 9.59 Å². The molecular formula is C17H19N3O2. The maximum Gasteiger partial charge on any atom is 0.327 e. The number of nitrogens with one attached hydrogen (secondary N) is 1. The van der Waals surface area contributed by atoms with Crippen molar-refractivity contribution in [3.05, 3.63) is 35.5 Å². The number of carbonyl (C=O) groups is 2. The number of para-hydroxylation sites is 1. The zero-order chi connectivity index (χ0) is 15.3. The third-order valence-electron chi connectivity index (χ3n) is 4.77. The normalized spacial score (nSPS) is 20.7. The molecule has 3 amide bonds. The van der Waals surface area contributed by atoms with Gasteiger partial charge in [-0.15, -0.1) is 0 Å². The third-order valence-corrected chi connectivity index (χ3v) is 4.77. The first-order valence-corrected chi connectivity index (χ1v) is 7.91. The Morgan fingerprint density at radius 2 is 2.09 bits per heavy atom. The number of fused-ring (bicyclic) bond motifs is 4. The highest BCUT2D eigenvalue weighted by Crippen LogP contribution is 2.34. The van der Waals surface area contributed by atoms with Crippen molar-refractivity contribution in [2.45, 2.75) is 38.8 Å². The van der Waals surface area contributed by atoms with Crippen molar-refractivity contribution in [3.8, 4) is 0 Å². The highest BCUT2D eigenvalue weighted by Gasteiger charge is 2.47. The van der Waals surface area contributed by atoms with Crippen molar-refractivity contribution in [3.63, 3.8) is 0 Å². The molecule has 3 heterocycles. The van der Waals surface area contributed by atoms with Crippen LogP contribution in [0.5, 0.6) is 0 Å². The Bertz CT molecular complexity index is 764. The minimum atomic E-state index is -0.323. The molecule has 5 heteroatoms. The summed E-state index contributed by atoms with van der Waals surface area (Å²) in [5, 5.41) is 1.17. The molecule has 1 saturated heterocycles. The molecule has 0 saturated carbocycles. The van der Waals surface area contributed by atoms with Crippen molar-refractivity contribution in [2.75, 3.05) is 6.54 Å². The number of aromatic amines is 1. The van der Waals surface area contributed by atoms with Crippen LogP contribution in [0.3, 0.4) is 0 Å². The van der Waals surface area contributed by atoms with Gasteiger partial charge in [0.2, 0.25) is 0 Å². The third kappa shape index (κ3) is 1.78. The summed E-state index contributed by atoms with van der Waals surface area (Å²) in [6.07, 6.45) is 2.46. The Hall–Kier alpha value is -2.30. The smallest absolute Gasteiger partial charge is 0.327 e. The topological polar surface area (TPSA) is 56.4 Å². The second kappa shape index (κ2) is 4.87. The van der Waals surface area contributed by atoms with E-state index in [2.05, 4.69) is 18.0 Å². The molecule has 5 nitrogen and oxygen atoms in total. The molecule has 2 aliphatic rings. The molecule has 2 aliphatic heterocycles. The fourth-order valence-electron chi connectivity index (χ4n) is 3.58. The van der Waals surface area contributed by atoms with Crippen LogP contribution in [0.4, 0.5) is 4.79 Å². The predicted octanol–water partition coefficient (Wildman–Crippen LogP) is 2.66. The van der Waals surface area contributed by atoms with Crippen LogP contribution in [0.1, 0.15) is 31.0 Å². The minimum Gasteiger partial charge on any atom is -0.357 e. The van der Waals surface area contributed by atoms with Crippen LogP contribution in [0, 0.1) is 0 Å². The van der Waals surface area contributed by atoms with E-state index in [1.54, 1.807) is 4.90 Å². The zero-order valence-electron chi connectivity index (χ0n) is 12.6. The lowest BCUT2D eigenvalue weighted by Gasteiger charge is -2.26. The van der Waals surface area contributed by atoms with Crippen molar-refractivity contribution in [1.82, 2.24) is 14.8 Å². The molecule has 4 rings (SSSR count). The molecular weight excluding hydrogens is 278 g/mol. The number of rotatable bonds is 3. The minimum absolute atomic E-state index is 0.0330. The van der Waals surface area contributed by atoms with E-state index in [1.807, 2.05) is 18.2 Å². The maximum absolute atomic E-state index is 12.6. The zero-order valence-corrected chi connectivity index (χ0v) is 12.6.